The van der Waals surface area contributed by atoms with Crippen molar-refractivity contribution >= 4 is 17.7 Å². The smallest absolute Gasteiger partial charge is 0.320 e. The SMILES string of the molecule is CCCCCCCC/C=C\CCCCCCCCCCCCCCN[C@@H](CCSC)C(=O)O. The Labute approximate surface area is 211 Å². The van der Waals surface area contributed by atoms with E-state index in [4.69, 9.17) is 0 Å². The number of unbranched alkanes of at least 4 members (excludes halogenated alkanes) is 18. The minimum Gasteiger partial charge on any atom is -0.480 e. The van der Waals surface area contributed by atoms with Gasteiger partial charge in [-0.25, -0.2) is 0 Å². The van der Waals surface area contributed by atoms with Gasteiger partial charge in [-0.15, -0.1) is 0 Å². The average molecular weight is 484 g/mol. The van der Waals surface area contributed by atoms with E-state index in [9.17, 15) is 9.90 Å². The molecule has 4 heteroatoms. The summed E-state index contributed by atoms with van der Waals surface area (Å²) in [7, 11) is 0. The van der Waals surface area contributed by atoms with Crippen LogP contribution in [0.1, 0.15) is 142 Å². The van der Waals surface area contributed by atoms with Crippen molar-refractivity contribution in [1.82, 2.24) is 5.32 Å². The molecule has 0 aliphatic heterocycles. The molecule has 0 aromatic carbocycles. The van der Waals surface area contributed by atoms with Gasteiger partial charge in [0.2, 0.25) is 0 Å². The van der Waals surface area contributed by atoms with E-state index >= 15 is 0 Å². The van der Waals surface area contributed by atoms with Gasteiger partial charge in [0.15, 0.2) is 0 Å². The van der Waals surface area contributed by atoms with Gasteiger partial charge in [0.05, 0.1) is 0 Å². The first kappa shape index (κ1) is 32.5. The normalized spacial score (nSPS) is 12.5. The van der Waals surface area contributed by atoms with E-state index in [0.717, 1.165) is 18.7 Å². The molecule has 33 heavy (non-hydrogen) atoms. The maximum absolute atomic E-state index is 11.2. The molecular weight excluding hydrogens is 426 g/mol. The molecule has 0 bridgehead atoms. The highest BCUT2D eigenvalue weighted by Gasteiger charge is 2.15. The fraction of sp³-hybridized carbons (Fsp3) is 0.897. The first-order valence-electron chi connectivity index (χ1n) is 14.3. The van der Waals surface area contributed by atoms with Gasteiger partial charge < -0.3 is 10.4 Å². The maximum atomic E-state index is 11.2. The highest BCUT2D eigenvalue weighted by Crippen LogP contribution is 2.13. The second kappa shape index (κ2) is 27.8. The standard InChI is InChI=1S/C29H57NO2S/c1-3-4-5-6-7-8-9-10-11-12-13-14-15-16-17-18-19-20-21-22-23-24-26-30-28(29(31)32)25-27-33-2/h10-11,28,30H,3-9,12-27H2,1-2H3,(H,31,32)/b11-10-/t28-/m0/s1. The van der Waals surface area contributed by atoms with Gasteiger partial charge in [-0.1, -0.05) is 115 Å². The number of carboxylic acid groups (broad SMARTS) is 1. The highest BCUT2D eigenvalue weighted by molar-refractivity contribution is 7.98. The highest BCUT2D eigenvalue weighted by atomic mass is 32.2. The van der Waals surface area contributed by atoms with Crippen LogP contribution in [0.5, 0.6) is 0 Å². The van der Waals surface area contributed by atoms with Crippen molar-refractivity contribution in [2.45, 2.75) is 148 Å². The molecule has 3 nitrogen and oxygen atoms in total. The number of thioether (sulfide) groups is 1. The second-order valence-electron chi connectivity index (χ2n) is 9.69. The van der Waals surface area contributed by atoms with Crippen molar-refractivity contribution in [3.8, 4) is 0 Å². The number of carbonyl (C=O) groups is 1. The van der Waals surface area contributed by atoms with Gasteiger partial charge in [0.1, 0.15) is 6.04 Å². The minimum absolute atomic E-state index is 0.371. The summed E-state index contributed by atoms with van der Waals surface area (Å²) in [6.07, 6.45) is 34.6. The van der Waals surface area contributed by atoms with Crippen LogP contribution in [0, 0.1) is 0 Å². The van der Waals surface area contributed by atoms with Gasteiger partial charge in [-0.2, -0.15) is 11.8 Å². The Hall–Kier alpha value is -0.480. The van der Waals surface area contributed by atoms with Crippen LogP contribution in [-0.2, 0) is 4.79 Å². The zero-order chi connectivity index (χ0) is 24.2. The summed E-state index contributed by atoms with van der Waals surface area (Å²) in [6.45, 7) is 3.12. The summed E-state index contributed by atoms with van der Waals surface area (Å²) in [4.78, 5) is 11.2. The lowest BCUT2D eigenvalue weighted by atomic mass is 10.0. The predicted octanol–water partition coefficient (Wildman–Crippen LogP) is 9.16. The van der Waals surface area contributed by atoms with E-state index in [1.54, 1.807) is 11.8 Å². The molecule has 0 radical (unpaired) electrons. The monoisotopic (exact) mass is 483 g/mol. The van der Waals surface area contributed by atoms with Crippen molar-refractivity contribution in [3.63, 3.8) is 0 Å². The van der Waals surface area contributed by atoms with Crippen LogP contribution in [0.2, 0.25) is 0 Å². The van der Waals surface area contributed by atoms with Crippen LogP contribution in [0.15, 0.2) is 12.2 Å². The largest absolute Gasteiger partial charge is 0.480 e. The molecule has 0 aromatic heterocycles. The zero-order valence-corrected chi connectivity index (χ0v) is 23.1. The Kier molecular flexibility index (Phi) is 27.4. The van der Waals surface area contributed by atoms with Crippen LogP contribution in [0.25, 0.3) is 0 Å². The minimum atomic E-state index is -0.709. The molecule has 0 unspecified atom stereocenters. The zero-order valence-electron chi connectivity index (χ0n) is 22.3. The van der Waals surface area contributed by atoms with Crippen LogP contribution in [0.3, 0.4) is 0 Å². The molecule has 0 fully saturated rings. The van der Waals surface area contributed by atoms with Gasteiger partial charge in [-0.05, 0) is 57.1 Å². The van der Waals surface area contributed by atoms with Gasteiger partial charge in [0, 0.05) is 0 Å². The van der Waals surface area contributed by atoms with Crippen molar-refractivity contribution in [2.24, 2.45) is 0 Å². The molecule has 1 atom stereocenters. The molecule has 0 rings (SSSR count). The topological polar surface area (TPSA) is 49.3 Å². The Morgan fingerprint density at radius 3 is 1.58 bits per heavy atom. The van der Waals surface area contributed by atoms with Crippen molar-refractivity contribution in [2.75, 3.05) is 18.6 Å². The van der Waals surface area contributed by atoms with E-state index in [1.165, 1.54) is 122 Å². The molecule has 0 aliphatic rings. The van der Waals surface area contributed by atoms with Crippen molar-refractivity contribution < 1.29 is 9.90 Å². The molecule has 0 amide bonds. The van der Waals surface area contributed by atoms with E-state index in [2.05, 4.69) is 24.4 Å². The number of hydrogen-bond donors (Lipinski definition) is 2. The molecule has 0 aliphatic carbocycles. The van der Waals surface area contributed by atoms with E-state index in [0.29, 0.717) is 6.42 Å². The second-order valence-corrected chi connectivity index (χ2v) is 10.7. The summed E-state index contributed by atoms with van der Waals surface area (Å²) < 4.78 is 0. The lowest BCUT2D eigenvalue weighted by molar-refractivity contribution is -0.139. The molecule has 2 N–H and O–H groups in total. The third-order valence-electron chi connectivity index (χ3n) is 6.49. The quantitative estimate of drug-likeness (QED) is 0.0903. The summed E-state index contributed by atoms with van der Waals surface area (Å²) in [6, 6.07) is -0.371. The van der Waals surface area contributed by atoms with Crippen LogP contribution in [-0.4, -0.2) is 35.7 Å². The van der Waals surface area contributed by atoms with Crippen molar-refractivity contribution in [3.05, 3.63) is 12.2 Å². The first-order valence-corrected chi connectivity index (χ1v) is 15.7. The molecule has 196 valence electrons. The third-order valence-corrected chi connectivity index (χ3v) is 7.13. The number of carboxylic acids is 1. The van der Waals surface area contributed by atoms with Crippen LogP contribution < -0.4 is 5.32 Å². The lowest BCUT2D eigenvalue weighted by Crippen LogP contribution is -2.37. The van der Waals surface area contributed by atoms with Crippen LogP contribution in [0.4, 0.5) is 0 Å². The van der Waals surface area contributed by atoms with Gasteiger partial charge in [0.25, 0.3) is 0 Å². The Balaban J connectivity index is 3.22. The molecule has 0 aromatic rings. The first-order chi connectivity index (χ1) is 16.2. The molecule has 0 saturated heterocycles. The molecule has 0 heterocycles. The molecule has 0 spiro atoms. The van der Waals surface area contributed by atoms with Crippen molar-refractivity contribution in [1.29, 1.82) is 0 Å². The molecular formula is C29H57NO2S. The lowest BCUT2D eigenvalue weighted by Gasteiger charge is -2.13. The van der Waals surface area contributed by atoms with E-state index in [-0.39, 0.29) is 6.04 Å². The average Bonchev–Trinajstić information content (AvgIpc) is 2.81. The Morgan fingerprint density at radius 2 is 1.15 bits per heavy atom. The Bertz CT molecular complexity index is 428. The number of rotatable bonds is 27. The summed E-state index contributed by atoms with van der Waals surface area (Å²) in [5.41, 5.74) is 0. The van der Waals surface area contributed by atoms with Gasteiger partial charge >= 0.3 is 5.97 Å². The summed E-state index contributed by atoms with van der Waals surface area (Å²) in [5.74, 6) is 0.195. The van der Waals surface area contributed by atoms with E-state index < -0.39 is 5.97 Å². The number of allylic oxidation sites excluding steroid dienone is 2. The third kappa shape index (κ3) is 26.0. The van der Waals surface area contributed by atoms with E-state index in [1.807, 2.05) is 6.26 Å². The summed E-state index contributed by atoms with van der Waals surface area (Å²) >= 11 is 1.71. The van der Waals surface area contributed by atoms with Crippen LogP contribution >= 0.6 is 11.8 Å². The fourth-order valence-electron chi connectivity index (χ4n) is 4.26. The fourth-order valence-corrected chi connectivity index (χ4v) is 4.73. The molecule has 0 saturated carbocycles. The maximum Gasteiger partial charge on any atom is 0.320 e. The summed E-state index contributed by atoms with van der Waals surface area (Å²) in [5, 5.41) is 12.4. The van der Waals surface area contributed by atoms with Gasteiger partial charge in [-0.3, -0.25) is 4.79 Å². The Morgan fingerprint density at radius 1 is 0.727 bits per heavy atom. The number of aliphatic carboxylic acids is 1. The predicted molar refractivity (Wildman–Crippen MR) is 150 cm³/mol. The number of hydrogen-bond acceptors (Lipinski definition) is 3. The number of nitrogens with one attached hydrogen (secondary N) is 1.